The highest BCUT2D eigenvalue weighted by Gasteiger charge is 2.13. The zero-order chi connectivity index (χ0) is 22.2. The third-order valence-corrected chi connectivity index (χ3v) is 6.46. The lowest BCUT2D eigenvalue weighted by Gasteiger charge is -2.15. The number of aromatic nitrogens is 2. The normalized spacial score (nSPS) is 11.1. The van der Waals surface area contributed by atoms with Gasteiger partial charge in [0.1, 0.15) is 5.01 Å². The Kier molecular flexibility index (Phi) is 8.44. The fourth-order valence-electron chi connectivity index (χ4n) is 2.47. The molecule has 31 heavy (non-hydrogen) atoms. The summed E-state index contributed by atoms with van der Waals surface area (Å²) in [5, 5.41) is 13.2. The lowest BCUT2D eigenvalue weighted by molar-refractivity contribution is -0.118. The van der Waals surface area contributed by atoms with Crippen molar-refractivity contribution < 1.29 is 14.3 Å². The van der Waals surface area contributed by atoms with E-state index >= 15 is 0 Å². The Morgan fingerprint density at radius 2 is 2.06 bits per heavy atom. The average Bonchev–Trinajstić information content (AvgIpc) is 3.23. The van der Waals surface area contributed by atoms with Crippen LogP contribution in [-0.4, -0.2) is 41.3 Å². The molecule has 1 amide bonds. The summed E-state index contributed by atoms with van der Waals surface area (Å²) < 4.78 is 12.6. The summed E-state index contributed by atoms with van der Waals surface area (Å²) in [4.78, 5) is 12.1. The average molecular weight is 521 g/mol. The molecule has 7 nitrogen and oxygen atoms in total. The molecule has 0 bridgehead atoms. The fraction of sp³-hybridized carbons (Fsp3) is 0.238. The van der Waals surface area contributed by atoms with Gasteiger partial charge in [-0.25, -0.2) is 5.43 Å². The van der Waals surface area contributed by atoms with Crippen molar-refractivity contribution in [3.63, 3.8) is 0 Å². The number of halogens is 1. The second-order valence-corrected chi connectivity index (χ2v) is 9.58. The van der Waals surface area contributed by atoms with E-state index in [2.05, 4.69) is 36.7 Å². The van der Waals surface area contributed by atoms with Crippen molar-refractivity contribution in [2.45, 2.75) is 24.3 Å². The molecule has 0 aliphatic rings. The summed E-state index contributed by atoms with van der Waals surface area (Å²) in [6.07, 6.45) is 1.56. The fourth-order valence-corrected chi connectivity index (χ4v) is 4.67. The van der Waals surface area contributed by atoms with Gasteiger partial charge >= 0.3 is 0 Å². The monoisotopic (exact) mass is 520 g/mol. The molecule has 0 aliphatic carbocycles. The largest absolute Gasteiger partial charge is 0.493 e. The Morgan fingerprint density at radius 3 is 2.77 bits per heavy atom. The molecule has 1 heterocycles. The first-order valence-corrected chi connectivity index (χ1v) is 11.9. The minimum absolute atomic E-state index is 0.0123. The molecule has 0 spiro atoms. The third kappa shape index (κ3) is 6.78. The van der Waals surface area contributed by atoms with E-state index < -0.39 is 0 Å². The van der Waals surface area contributed by atoms with Gasteiger partial charge in [0.2, 0.25) is 0 Å². The Labute approximate surface area is 197 Å². The predicted molar refractivity (Wildman–Crippen MR) is 128 cm³/mol. The molecule has 0 fully saturated rings. The number of benzene rings is 2. The Balaban J connectivity index is 1.54. The van der Waals surface area contributed by atoms with Crippen molar-refractivity contribution in [3.05, 3.63) is 52.5 Å². The summed E-state index contributed by atoms with van der Waals surface area (Å²) in [7, 11) is 1.57. The van der Waals surface area contributed by atoms with Crippen molar-refractivity contribution in [3.8, 4) is 22.1 Å². The molecule has 10 heteroatoms. The lowest BCUT2D eigenvalue weighted by atomic mass is 10.2. The number of hydrogen-bond acceptors (Lipinski definition) is 8. The minimum atomic E-state index is -0.233. The topological polar surface area (TPSA) is 85.7 Å². The molecule has 0 saturated heterocycles. The van der Waals surface area contributed by atoms with Crippen molar-refractivity contribution >= 4 is 51.2 Å². The van der Waals surface area contributed by atoms with Crippen LogP contribution >= 0.6 is 39.0 Å². The van der Waals surface area contributed by atoms with Crippen molar-refractivity contribution in [2.75, 3.05) is 12.9 Å². The van der Waals surface area contributed by atoms with Crippen LogP contribution in [0.1, 0.15) is 19.4 Å². The zero-order valence-electron chi connectivity index (χ0n) is 17.2. The number of nitrogens with zero attached hydrogens (tertiary/aromatic N) is 3. The molecule has 1 N–H and O–H groups in total. The highest BCUT2D eigenvalue weighted by atomic mass is 79.9. The number of ether oxygens (including phenoxy) is 2. The zero-order valence-corrected chi connectivity index (χ0v) is 20.4. The number of amides is 1. The van der Waals surface area contributed by atoms with E-state index in [0.29, 0.717) is 11.5 Å². The minimum Gasteiger partial charge on any atom is -0.493 e. The summed E-state index contributed by atoms with van der Waals surface area (Å²) in [6, 6.07) is 13.4. The number of methoxy groups -OCH3 is 1. The molecule has 0 unspecified atom stereocenters. The van der Waals surface area contributed by atoms with E-state index in [0.717, 1.165) is 24.9 Å². The number of thioether (sulfide) groups is 1. The first-order chi connectivity index (χ1) is 15.0. The quantitative estimate of drug-likeness (QED) is 0.242. The van der Waals surface area contributed by atoms with Crippen LogP contribution in [0.2, 0.25) is 0 Å². The maximum atomic E-state index is 12.1. The van der Waals surface area contributed by atoms with E-state index in [1.54, 1.807) is 19.4 Å². The Bertz CT molecular complexity index is 1060. The van der Waals surface area contributed by atoms with E-state index in [-0.39, 0.29) is 17.8 Å². The molecule has 3 aromatic rings. The van der Waals surface area contributed by atoms with Crippen LogP contribution in [0.4, 0.5) is 0 Å². The van der Waals surface area contributed by atoms with Crippen LogP contribution in [0.5, 0.6) is 11.5 Å². The van der Waals surface area contributed by atoms with E-state index in [1.165, 1.54) is 23.1 Å². The van der Waals surface area contributed by atoms with E-state index in [1.807, 2.05) is 50.2 Å². The van der Waals surface area contributed by atoms with Crippen LogP contribution in [0.15, 0.2) is 56.4 Å². The summed E-state index contributed by atoms with van der Waals surface area (Å²) in [5.41, 5.74) is 4.28. The number of carbonyl (C=O) groups is 1. The number of hydrazone groups is 1. The van der Waals surface area contributed by atoms with E-state index in [9.17, 15) is 4.79 Å². The van der Waals surface area contributed by atoms with Crippen LogP contribution < -0.4 is 14.9 Å². The summed E-state index contributed by atoms with van der Waals surface area (Å²) in [6.45, 7) is 3.89. The molecule has 2 aromatic carbocycles. The second kappa shape index (κ2) is 11.3. The number of hydrogen-bond donors (Lipinski definition) is 1. The third-order valence-electron chi connectivity index (χ3n) is 3.76. The molecule has 0 aliphatic heterocycles. The number of carbonyl (C=O) groups excluding carboxylic acids is 1. The highest BCUT2D eigenvalue weighted by molar-refractivity contribution is 9.10. The molecular formula is C21H21BrN4O3S2. The Morgan fingerprint density at radius 1 is 1.29 bits per heavy atom. The molecule has 1 aromatic heterocycles. The molecule has 162 valence electrons. The first kappa shape index (κ1) is 23.2. The van der Waals surface area contributed by atoms with Gasteiger partial charge in [0.15, 0.2) is 15.8 Å². The van der Waals surface area contributed by atoms with Gasteiger partial charge in [-0.15, -0.1) is 10.2 Å². The highest BCUT2D eigenvalue weighted by Crippen LogP contribution is 2.37. The molecular weight excluding hydrogens is 500 g/mol. The van der Waals surface area contributed by atoms with Crippen LogP contribution in [0, 0.1) is 0 Å². The van der Waals surface area contributed by atoms with Gasteiger partial charge in [-0.2, -0.15) is 5.10 Å². The first-order valence-electron chi connectivity index (χ1n) is 9.34. The van der Waals surface area contributed by atoms with Gasteiger partial charge in [-0.1, -0.05) is 53.4 Å². The van der Waals surface area contributed by atoms with Crippen molar-refractivity contribution in [1.29, 1.82) is 0 Å². The van der Waals surface area contributed by atoms with Gasteiger partial charge in [0.05, 0.1) is 29.7 Å². The van der Waals surface area contributed by atoms with Crippen LogP contribution in [0.3, 0.4) is 0 Å². The number of rotatable bonds is 9. The SMILES string of the molecule is COc1cc(C=NNC(=O)CSc2nnc(-c3ccccc3)s2)cc(Br)c1OC(C)C. The molecule has 0 saturated carbocycles. The van der Waals surface area contributed by atoms with Crippen LogP contribution in [-0.2, 0) is 4.79 Å². The summed E-state index contributed by atoms with van der Waals surface area (Å²) >= 11 is 6.26. The second-order valence-electron chi connectivity index (χ2n) is 6.52. The van der Waals surface area contributed by atoms with Crippen molar-refractivity contribution in [2.24, 2.45) is 5.10 Å². The van der Waals surface area contributed by atoms with Crippen LogP contribution in [0.25, 0.3) is 10.6 Å². The van der Waals surface area contributed by atoms with Gasteiger partial charge in [-0.3, -0.25) is 4.79 Å². The standard InChI is InChI=1S/C21H21BrN4O3S2/c1-13(2)29-19-16(22)9-14(10-17(19)28-3)11-23-24-18(27)12-30-21-26-25-20(31-21)15-7-5-4-6-8-15/h4-11,13H,12H2,1-3H3,(H,24,27). The van der Waals surface area contributed by atoms with E-state index in [4.69, 9.17) is 9.47 Å². The maximum Gasteiger partial charge on any atom is 0.250 e. The van der Waals surface area contributed by atoms with Gasteiger partial charge in [0, 0.05) is 5.56 Å². The molecule has 0 atom stereocenters. The maximum absolute atomic E-state index is 12.1. The molecule has 0 radical (unpaired) electrons. The van der Waals surface area contributed by atoms with Gasteiger partial charge in [-0.05, 0) is 47.5 Å². The predicted octanol–water partition coefficient (Wildman–Crippen LogP) is 5.01. The Hall–Kier alpha value is -2.43. The molecule has 3 rings (SSSR count). The summed E-state index contributed by atoms with van der Waals surface area (Å²) in [5.74, 6) is 1.16. The van der Waals surface area contributed by atoms with Gasteiger partial charge in [0.25, 0.3) is 5.91 Å². The smallest absolute Gasteiger partial charge is 0.250 e. The van der Waals surface area contributed by atoms with Gasteiger partial charge < -0.3 is 9.47 Å². The number of nitrogens with one attached hydrogen (secondary N) is 1. The lowest BCUT2D eigenvalue weighted by Crippen LogP contribution is -2.19. The van der Waals surface area contributed by atoms with Crippen molar-refractivity contribution in [1.82, 2.24) is 15.6 Å².